The van der Waals surface area contributed by atoms with E-state index in [1.807, 2.05) is 18.7 Å². The van der Waals surface area contributed by atoms with E-state index in [2.05, 4.69) is 10.2 Å². The molecule has 0 aromatic rings. The lowest BCUT2D eigenvalue weighted by atomic mass is 10.4. The van der Waals surface area contributed by atoms with Crippen LogP contribution >= 0.6 is 11.8 Å². The van der Waals surface area contributed by atoms with Gasteiger partial charge in [0.15, 0.2) is 0 Å². The van der Waals surface area contributed by atoms with E-state index >= 15 is 0 Å². The minimum absolute atomic E-state index is 0.225. The number of nitrogens with one attached hydrogen (secondary N) is 1. The molecule has 78 valence electrons. The molecule has 1 saturated heterocycles. The maximum absolute atomic E-state index is 9.01. The smallest absolute Gasteiger partial charge is 0.0636 e. The van der Waals surface area contributed by atoms with E-state index < -0.39 is 0 Å². The van der Waals surface area contributed by atoms with Crippen molar-refractivity contribution in [2.24, 2.45) is 0 Å². The molecule has 2 N–H and O–H groups in total. The standard InChI is InChI=1S/C9H20N2OS/c1-9(12)8-10-2-3-11-4-6-13-7-5-11/h9-10,12H,2-8H2,1H3/t9-/m0/s1. The van der Waals surface area contributed by atoms with Crippen LogP contribution in [0.3, 0.4) is 0 Å². The highest BCUT2D eigenvalue weighted by Gasteiger charge is 2.08. The summed E-state index contributed by atoms with van der Waals surface area (Å²) in [6.45, 7) is 7.08. The second-order valence-corrected chi connectivity index (χ2v) is 4.73. The Morgan fingerprint density at radius 2 is 2.15 bits per heavy atom. The molecule has 0 aromatic carbocycles. The van der Waals surface area contributed by atoms with E-state index in [0.717, 1.165) is 13.1 Å². The molecular weight excluding hydrogens is 184 g/mol. The molecule has 0 bridgehead atoms. The highest BCUT2D eigenvalue weighted by Crippen LogP contribution is 2.07. The van der Waals surface area contributed by atoms with Crippen molar-refractivity contribution < 1.29 is 5.11 Å². The van der Waals surface area contributed by atoms with E-state index in [9.17, 15) is 0 Å². The third-order valence-corrected chi connectivity index (χ3v) is 3.09. The van der Waals surface area contributed by atoms with Crippen LogP contribution in [0.15, 0.2) is 0 Å². The van der Waals surface area contributed by atoms with E-state index in [-0.39, 0.29) is 6.10 Å². The van der Waals surface area contributed by atoms with Gasteiger partial charge in [0, 0.05) is 44.2 Å². The number of aliphatic hydroxyl groups excluding tert-OH is 1. The SMILES string of the molecule is C[C@H](O)CNCCN1CCSCC1. The topological polar surface area (TPSA) is 35.5 Å². The first-order chi connectivity index (χ1) is 6.29. The fourth-order valence-electron chi connectivity index (χ4n) is 1.37. The Labute approximate surface area is 84.9 Å². The Bertz CT molecular complexity index is 127. The molecule has 1 aliphatic heterocycles. The van der Waals surface area contributed by atoms with E-state index in [0.29, 0.717) is 6.54 Å². The van der Waals surface area contributed by atoms with Crippen LogP contribution in [0.25, 0.3) is 0 Å². The van der Waals surface area contributed by atoms with Crippen LogP contribution in [0.2, 0.25) is 0 Å². The minimum Gasteiger partial charge on any atom is -0.392 e. The van der Waals surface area contributed by atoms with Crippen molar-refractivity contribution in [1.29, 1.82) is 0 Å². The molecule has 0 amide bonds. The largest absolute Gasteiger partial charge is 0.392 e. The molecule has 4 heteroatoms. The first-order valence-electron chi connectivity index (χ1n) is 4.98. The normalized spacial score (nSPS) is 21.7. The molecule has 1 heterocycles. The molecule has 0 spiro atoms. The average Bonchev–Trinajstić information content (AvgIpc) is 2.14. The summed E-state index contributed by atoms with van der Waals surface area (Å²) >= 11 is 2.04. The molecule has 0 unspecified atom stereocenters. The summed E-state index contributed by atoms with van der Waals surface area (Å²) in [5.74, 6) is 2.55. The van der Waals surface area contributed by atoms with Crippen molar-refractivity contribution >= 4 is 11.8 Å². The van der Waals surface area contributed by atoms with Gasteiger partial charge in [0.2, 0.25) is 0 Å². The van der Waals surface area contributed by atoms with Crippen LogP contribution in [0.1, 0.15) is 6.92 Å². The summed E-state index contributed by atoms with van der Waals surface area (Å²) in [7, 11) is 0. The Morgan fingerprint density at radius 3 is 2.77 bits per heavy atom. The van der Waals surface area contributed by atoms with Crippen LogP contribution in [0.4, 0.5) is 0 Å². The number of hydrogen-bond acceptors (Lipinski definition) is 4. The number of aliphatic hydroxyl groups is 1. The third kappa shape index (κ3) is 5.52. The zero-order valence-corrected chi connectivity index (χ0v) is 9.15. The third-order valence-electron chi connectivity index (χ3n) is 2.15. The van der Waals surface area contributed by atoms with Crippen LogP contribution in [0.5, 0.6) is 0 Å². The predicted molar refractivity (Wildman–Crippen MR) is 58.3 cm³/mol. The Hall–Kier alpha value is 0.230. The fourth-order valence-corrected chi connectivity index (χ4v) is 2.35. The predicted octanol–water partition coefficient (Wildman–Crippen LogP) is 0.00560. The molecule has 1 rings (SSSR count). The molecule has 0 radical (unpaired) electrons. The molecular formula is C9H20N2OS. The molecule has 0 saturated carbocycles. The molecule has 1 aliphatic rings. The maximum Gasteiger partial charge on any atom is 0.0636 e. The Kier molecular flexibility index (Phi) is 5.78. The highest BCUT2D eigenvalue weighted by molar-refractivity contribution is 7.99. The Morgan fingerprint density at radius 1 is 1.46 bits per heavy atom. The van der Waals surface area contributed by atoms with Gasteiger partial charge in [0.05, 0.1) is 6.10 Å². The number of hydrogen-bond donors (Lipinski definition) is 2. The van der Waals surface area contributed by atoms with Crippen LogP contribution in [-0.4, -0.2) is 60.3 Å². The maximum atomic E-state index is 9.01. The van der Waals surface area contributed by atoms with Gasteiger partial charge >= 0.3 is 0 Å². The fraction of sp³-hybridized carbons (Fsp3) is 1.00. The van der Waals surface area contributed by atoms with E-state index in [1.54, 1.807) is 0 Å². The number of thioether (sulfide) groups is 1. The summed E-state index contributed by atoms with van der Waals surface area (Å²) in [6, 6.07) is 0. The summed E-state index contributed by atoms with van der Waals surface area (Å²) in [6.07, 6.45) is -0.225. The van der Waals surface area contributed by atoms with Crippen molar-refractivity contribution in [3.63, 3.8) is 0 Å². The van der Waals surface area contributed by atoms with Crippen LogP contribution < -0.4 is 5.32 Å². The average molecular weight is 204 g/mol. The summed E-state index contributed by atoms with van der Waals surface area (Å²) in [5, 5.41) is 12.2. The highest BCUT2D eigenvalue weighted by atomic mass is 32.2. The molecule has 0 aliphatic carbocycles. The van der Waals surface area contributed by atoms with Gasteiger partial charge in [-0.15, -0.1) is 0 Å². The number of nitrogens with zero attached hydrogens (tertiary/aromatic N) is 1. The Balaban J connectivity index is 1.92. The monoisotopic (exact) mass is 204 g/mol. The first-order valence-corrected chi connectivity index (χ1v) is 6.13. The van der Waals surface area contributed by atoms with Crippen molar-refractivity contribution in [2.75, 3.05) is 44.2 Å². The number of rotatable bonds is 5. The van der Waals surface area contributed by atoms with Crippen molar-refractivity contribution in [2.45, 2.75) is 13.0 Å². The van der Waals surface area contributed by atoms with Gasteiger partial charge < -0.3 is 15.3 Å². The van der Waals surface area contributed by atoms with Gasteiger partial charge in [0.25, 0.3) is 0 Å². The summed E-state index contributed by atoms with van der Waals surface area (Å²) in [5.41, 5.74) is 0. The van der Waals surface area contributed by atoms with Gasteiger partial charge in [-0.3, -0.25) is 0 Å². The van der Waals surface area contributed by atoms with Crippen molar-refractivity contribution in [3.05, 3.63) is 0 Å². The molecule has 3 nitrogen and oxygen atoms in total. The van der Waals surface area contributed by atoms with Crippen molar-refractivity contribution in [3.8, 4) is 0 Å². The van der Waals surface area contributed by atoms with Gasteiger partial charge in [-0.25, -0.2) is 0 Å². The second kappa shape index (κ2) is 6.65. The second-order valence-electron chi connectivity index (χ2n) is 3.51. The minimum atomic E-state index is -0.225. The lowest BCUT2D eigenvalue weighted by molar-refractivity contribution is 0.188. The van der Waals surface area contributed by atoms with Gasteiger partial charge in [-0.1, -0.05) is 0 Å². The molecule has 13 heavy (non-hydrogen) atoms. The molecule has 0 aromatic heterocycles. The van der Waals surface area contributed by atoms with Gasteiger partial charge in [-0.2, -0.15) is 11.8 Å². The van der Waals surface area contributed by atoms with E-state index in [1.165, 1.54) is 24.6 Å². The lowest BCUT2D eigenvalue weighted by Gasteiger charge is -2.26. The van der Waals surface area contributed by atoms with Crippen LogP contribution in [-0.2, 0) is 0 Å². The lowest BCUT2D eigenvalue weighted by Crippen LogP contribution is -2.39. The van der Waals surface area contributed by atoms with Gasteiger partial charge in [0.1, 0.15) is 0 Å². The zero-order chi connectivity index (χ0) is 9.52. The first kappa shape index (κ1) is 11.3. The molecule has 1 atom stereocenters. The quantitative estimate of drug-likeness (QED) is 0.618. The summed E-state index contributed by atoms with van der Waals surface area (Å²) in [4.78, 5) is 2.48. The summed E-state index contributed by atoms with van der Waals surface area (Å²) < 4.78 is 0. The van der Waals surface area contributed by atoms with Crippen LogP contribution in [0, 0.1) is 0 Å². The van der Waals surface area contributed by atoms with Crippen molar-refractivity contribution in [1.82, 2.24) is 10.2 Å². The van der Waals surface area contributed by atoms with E-state index in [4.69, 9.17) is 5.11 Å². The van der Waals surface area contributed by atoms with Gasteiger partial charge in [-0.05, 0) is 6.92 Å². The zero-order valence-electron chi connectivity index (χ0n) is 8.33. The molecule has 1 fully saturated rings.